The Morgan fingerprint density at radius 1 is 1.24 bits per heavy atom. The topological polar surface area (TPSA) is 102 Å². The molecule has 1 aromatic heterocycles. The molecule has 0 aliphatic heterocycles. The third kappa shape index (κ3) is 6.57. The largest absolute Gasteiger partial charge is 0.379 e. The first kappa shape index (κ1) is 22.9. The van der Waals surface area contributed by atoms with Gasteiger partial charge in [-0.2, -0.15) is 0 Å². The van der Waals surface area contributed by atoms with E-state index in [1.807, 2.05) is 19.9 Å². The number of rotatable bonds is 9. The Labute approximate surface area is 174 Å². The van der Waals surface area contributed by atoms with Crippen molar-refractivity contribution in [3.05, 3.63) is 34.6 Å². The number of thioether (sulfide) groups is 1. The Hall–Kier alpha value is -2.39. The van der Waals surface area contributed by atoms with Crippen LogP contribution < -0.4 is 16.2 Å². The van der Waals surface area contributed by atoms with Gasteiger partial charge in [0.25, 0.3) is 5.56 Å². The number of amides is 3. The van der Waals surface area contributed by atoms with Crippen LogP contribution in [0.15, 0.2) is 34.2 Å². The number of benzene rings is 1. The second-order valence-electron chi connectivity index (χ2n) is 6.75. The van der Waals surface area contributed by atoms with Gasteiger partial charge in [-0.05, 0) is 46.2 Å². The molecular formula is C20H28N4O4S. The van der Waals surface area contributed by atoms with Crippen molar-refractivity contribution in [3.8, 4) is 0 Å². The van der Waals surface area contributed by atoms with E-state index in [0.29, 0.717) is 42.2 Å². The first-order valence-corrected chi connectivity index (χ1v) is 10.6. The Bertz CT molecular complexity index is 913. The fourth-order valence-electron chi connectivity index (χ4n) is 2.61. The Kier molecular flexibility index (Phi) is 8.66. The first-order chi connectivity index (χ1) is 13.8. The van der Waals surface area contributed by atoms with Crippen LogP contribution in [-0.2, 0) is 16.1 Å². The van der Waals surface area contributed by atoms with E-state index >= 15 is 0 Å². The number of para-hydroxylation sites is 1. The summed E-state index contributed by atoms with van der Waals surface area (Å²) in [6, 6.07) is 6.58. The molecule has 0 spiro atoms. The third-order valence-corrected chi connectivity index (χ3v) is 5.12. The van der Waals surface area contributed by atoms with Crippen LogP contribution in [0, 0.1) is 0 Å². The van der Waals surface area contributed by atoms with Gasteiger partial charge in [-0.15, -0.1) is 0 Å². The minimum absolute atomic E-state index is 0.119. The van der Waals surface area contributed by atoms with Crippen LogP contribution in [0.3, 0.4) is 0 Å². The van der Waals surface area contributed by atoms with Crippen LogP contribution >= 0.6 is 11.8 Å². The van der Waals surface area contributed by atoms with Gasteiger partial charge in [0.05, 0.1) is 22.3 Å². The van der Waals surface area contributed by atoms with Crippen LogP contribution in [-0.4, -0.2) is 46.0 Å². The maximum Gasteiger partial charge on any atom is 0.321 e. The standard InChI is InChI=1S/C20H28N4O4S/c1-5-21-19(27)23-17(25)14(4)29-20-22-16-10-7-6-9-15(16)18(26)24(20)11-8-12-28-13(2)3/h6-7,9-10,13-14H,5,8,11-12H2,1-4H3,(H2,21,23,25,27)/t14-/m0/s1. The van der Waals surface area contributed by atoms with Crippen molar-refractivity contribution in [2.45, 2.75) is 57.2 Å². The molecule has 29 heavy (non-hydrogen) atoms. The lowest BCUT2D eigenvalue weighted by atomic mass is 10.2. The van der Waals surface area contributed by atoms with Gasteiger partial charge in [-0.25, -0.2) is 9.78 Å². The number of hydrogen-bond donors (Lipinski definition) is 2. The van der Waals surface area contributed by atoms with Crippen molar-refractivity contribution in [1.82, 2.24) is 20.2 Å². The zero-order valence-electron chi connectivity index (χ0n) is 17.2. The average molecular weight is 421 g/mol. The highest BCUT2D eigenvalue weighted by Crippen LogP contribution is 2.23. The van der Waals surface area contributed by atoms with Crippen LogP contribution in [0.25, 0.3) is 10.9 Å². The highest BCUT2D eigenvalue weighted by atomic mass is 32.2. The number of hydrogen-bond acceptors (Lipinski definition) is 6. The summed E-state index contributed by atoms with van der Waals surface area (Å²) in [5.74, 6) is -0.446. The first-order valence-electron chi connectivity index (χ1n) is 9.70. The van der Waals surface area contributed by atoms with E-state index in [1.54, 1.807) is 36.6 Å². The molecule has 3 amide bonds. The summed E-state index contributed by atoms with van der Waals surface area (Å²) in [7, 11) is 0. The molecule has 9 heteroatoms. The number of nitrogens with zero attached hydrogens (tertiary/aromatic N) is 2. The number of aromatic nitrogens is 2. The lowest BCUT2D eigenvalue weighted by molar-refractivity contribution is -0.119. The molecule has 0 aliphatic rings. The van der Waals surface area contributed by atoms with Crippen molar-refractivity contribution in [2.24, 2.45) is 0 Å². The van der Waals surface area contributed by atoms with Gasteiger partial charge in [0.1, 0.15) is 0 Å². The summed E-state index contributed by atoms with van der Waals surface area (Å²) in [5.41, 5.74) is 0.421. The van der Waals surface area contributed by atoms with Crippen molar-refractivity contribution < 1.29 is 14.3 Å². The molecule has 0 radical (unpaired) electrons. The Morgan fingerprint density at radius 3 is 2.66 bits per heavy atom. The molecular weight excluding hydrogens is 392 g/mol. The van der Waals surface area contributed by atoms with Gasteiger partial charge in [0.2, 0.25) is 5.91 Å². The number of carbonyl (C=O) groups excluding carboxylic acids is 2. The van der Waals surface area contributed by atoms with E-state index in [4.69, 9.17) is 4.74 Å². The summed E-state index contributed by atoms with van der Waals surface area (Å²) < 4.78 is 7.14. The molecule has 2 rings (SSSR count). The molecule has 0 aliphatic carbocycles. The fourth-order valence-corrected chi connectivity index (χ4v) is 3.54. The number of imide groups is 1. The summed E-state index contributed by atoms with van der Waals surface area (Å²) in [4.78, 5) is 41.5. The number of carbonyl (C=O) groups is 2. The van der Waals surface area contributed by atoms with Gasteiger partial charge >= 0.3 is 6.03 Å². The molecule has 8 nitrogen and oxygen atoms in total. The number of urea groups is 1. The predicted molar refractivity (Wildman–Crippen MR) is 114 cm³/mol. The lowest BCUT2D eigenvalue weighted by Gasteiger charge is -2.16. The second kappa shape index (κ2) is 11.0. The highest BCUT2D eigenvalue weighted by molar-refractivity contribution is 8.00. The predicted octanol–water partition coefficient (Wildman–Crippen LogP) is 2.54. The molecule has 2 aromatic rings. The van der Waals surface area contributed by atoms with Crippen molar-refractivity contribution >= 4 is 34.6 Å². The molecule has 1 aromatic carbocycles. The van der Waals surface area contributed by atoms with Crippen molar-refractivity contribution in [3.63, 3.8) is 0 Å². The van der Waals surface area contributed by atoms with E-state index in [0.717, 1.165) is 11.8 Å². The van der Waals surface area contributed by atoms with Crippen molar-refractivity contribution in [2.75, 3.05) is 13.2 Å². The van der Waals surface area contributed by atoms with Crippen LogP contribution in [0.2, 0.25) is 0 Å². The molecule has 0 unspecified atom stereocenters. The zero-order chi connectivity index (χ0) is 21.4. The normalized spacial score (nSPS) is 12.2. The third-order valence-electron chi connectivity index (χ3n) is 4.03. The van der Waals surface area contributed by atoms with Gasteiger partial charge in [-0.1, -0.05) is 23.9 Å². The fraction of sp³-hybridized carbons (Fsp3) is 0.500. The molecule has 1 heterocycles. The molecule has 0 fully saturated rings. The quantitative estimate of drug-likeness (QED) is 0.367. The molecule has 0 saturated heterocycles. The summed E-state index contributed by atoms with van der Waals surface area (Å²) in [6.07, 6.45) is 0.763. The molecule has 2 N–H and O–H groups in total. The van der Waals surface area contributed by atoms with Crippen molar-refractivity contribution in [1.29, 1.82) is 0 Å². The van der Waals surface area contributed by atoms with E-state index in [2.05, 4.69) is 15.6 Å². The molecule has 0 saturated carbocycles. The Balaban J connectivity index is 2.25. The Morgan fingerprint density at radius 2 is 1.97 bits per heavy atom. The summed E-state index contributed by atoms with van der Waals surface area (Å²) in [6.45, 7) is 8.73. The number of fused-ring (bicyclic) bond motifs is 1. The van der Waals surface area contributed by atoms with E-state index < -0.39 is 17.2 Å². The van der Waals surface area contributed by atoms with Crippen LogP contribution in [0.4, 0.5) is 4.79 Å². The van der Waals surface area contributed by atoms with Gasteiger partial charge in [-0.3, -0.25) is 19.5 Å². The average Bonchev–Trinajstić information content (AvgIpc) is 2.67. The SMILES string of the molecule is CCNC(=O)NC(=O)[C@H](C)Sc1nc2ccccc2c(=O)n1CCCOC(C)C. The monoisotopic (exact) mass is 420 g/mol. The summed E-state index contributed by atoms with van der Waals surface area (Å²) >= 11 is 1.15. The number of nitrogens with one attached hydrogen (secondary N) is 2. The maximum absolute atomic E-state index is 13.0. The zero-order valence-corrected chi connectivity index (χ0v) is 18.0. The summed E-state index contributed by atoms with van der Waals surface area (Å²) in [5, 5.41) is 5.17. The lowest BCUT2D eigenvalue weighted by Crippen LogP contribution is -2.42. The van der Waals surface area contributed by atoms with Gasteiger partial charge < -0.3 is 10.1 Å². The molecule has 0 bridgehead atoms. The molecule has 158 valence electrons. The van der Waals surface area contributed by atoms with E-state index in [9.17, 15) is 14.4 Å². The van der Waals surface area contributed by atoms with E-state index in [-0.39, 0.29) is 11.7 Å². The minimum Gasteiger partial charge on any atom is -0.379 e. The van der Waals surface area contributed by atoms with E-state index in [1.165, 1.54) is 0 Å². The highest BCUT2D eigenvalue weighted by Gasteiger charge is 2.20. The maximum atomic E-state index is 13.0. The van der Waals surface area contributed by atoms with Gasteiger partial charge in [0.15, 0.2) is 5.16 Å². The smallest absolute Gasteiger partial charge is 0.321 e. The van der Waals surface area contributed by atoms with Crippen LogP contribution in [0.5, 0.6) is 0 Å². The molecule has 1 atom stereocenters. The van der Waals surface area contributed by atoms with Gasteiger partial charge in [0, 0.05) is 19.7 Å². The van der Waals surface area contributed by atoms with Crippen LogP contribution in [0.1, 0.15) is 34.1 Å². The number of ether oxygens (including phenoxy) is 1. The minimum atomic E-state index is -0.608. The second-order valence-corrected chi connectivity index (χ2v) is 8.06.